The van der Waals surface area contributed by atoms with E-state index in [4.69, 9.17) is 4.74 Å². The molecule has 1 aliphatic heterocycles. The number of ether oxygens (including phenoxy) is 1. The van der Waals surface area contributed by atoms with Crippen LogP contribution in [-0.2, 0) is 11.2 Å². The summed E-state index contributed by atoms with van der Waals surface area (Å²) >= 11 is 3.42. The van der Waals surface area contributed by atoms with Gasteiger partial charge in [-0.05, 0) is 61.4 Å². The van der Waals surface area contributed by atoms with Crippen molar-refractivity contribution >= 4 is 33.5 Å². The maximum absolute atomic E-state index is 13.2. The number of amides is 1. The number of carbonyl (C=O) groups excluding carboxylic acids is 1. The molecule has 178 valence electrons. The first-order valence-corrected chi connectivity index (χ1v) is 12.3. The van der Waals surface area contributed by atoms with Crippen LogP contribution in [0.15, 0.2) is 34.8 Å². The second-order valence-corrected chi connectivity index (χ2v) is 9.82. The largest absolute Gasteiger partial charge is 0.496 e. The van der Waals surface area contributed by atoms with E-state index in [2.05, 4.69) is 65.1 Å². The molecule has 6 nitrogen and oxygen atoms in total. The standard InChI is InChI=1S/C26H33BrN2O4/c1-16(2)25(24-17(3)9-8-10-21(24)29-11-6-5-7-12-29)28-23(30)14-18-13-22(33-4)19(26(31)32)15-20(18)27/h8-10,13,15-16,25H,5-7,11-12,14H2,1-4H3,(H,28,30)(H,31,32). The molecule has 1 fully saturated rings. The minimum atomic E-state index is -1.08. The second kappa shape index (κ2) is 11.1. The van der Waals surface area contributed by atoms with Gasteiger partial charge in [0.25, 0.3) is 0 Å². The Labute approximate surface area is 204 Å². The molecule has 3 rings (SSSR count). The van der Waals surface area contributed by atoms with Crippen molar-refractivity contribution in [3.05, 3.63) is 57.1 Å². The number of piperidine rings is 1. The molecule has 1 saturated heterocycles. The molecule has 2 aromatic carbocycles. The lowest BCUT2D eigenvalue weighted by Crippen LogP contribution is -2.36. The fraction of sp³-hybridized carbons (Fsp3) is 0.462. The lowest BCUT2D eigenvalue weighted by Gasteiger charge is -2.35. The Morgan fingerprint density at radius 1 is 1.18 bits per heavy atom. The molecule has 1 heterocycles. The van der Waals surface area contributed by atoms with Crippen molar-refractivity contribution in [3.63, 3.8) is 0 Å². The van der Waals surface area contributed by atoms with Gasteiger partial charge in [-0.25, -0.2) is 4.79 Å². The molecule has 1 atom stereocenters. The molecule has 2 N–H and O–H groups in total. The van der Waals surface area contributed by atoms with Crippen molar-refractivity contribution in [2.45, 2.75) is 52.5 Å². The number of carboxylic acid groups (broad SMARTS) is 1. The number of nitrogens with zero attached hydrogens (tertiary/aromatic N) is 1. The van der Waals surface area contributed by atoms with Crippen molar-refractivity contribution in [1.29, 1.82) is 0 Å². The first-order chi connectivity index (χ1) is 15.7. The number of carboxylic acids is 1. The molecule has 0 spiro atoms. The molecule has 1 aliphatic rings. The van der Waals surface area contributed by atoms with E-state index in [-0.39, 0.29) is 35.6 Å². The van der Waals surface area contributed by atoms with Gasteiger partial charge >= 0.3 is 5.97 Å². The van der Waals surface area contributed by atoms with E-state index < -0.39 is 5.97 Å². The molecule has 7 heteroatoms. The zero-order valence-corrected chi connectivity index (χ0v) is 21.4. The molecule has 33 heavy (non-hydrogen) atoms. The number of methoxy groups -OCH3 is 1. The quantitative estimate of drug-likeness (QED) is 0.483. The summed E-state index contributed by atoms with van der Waals surface area (Å²) in [6.07, 6.45) is 3.76. The van der Waals surface area contributed by atoms with Crippen LogP contribution in [0.25, 0.3) is 0 Å². The average molecular weight is 517 g/mol. The Kier molecular flexibility index (Phi) is 8.40. The summed E-state index contributed by atoms with van der Waals surface area (Å²) in [6, 6.07) is 9.34. The highest BCUT2D eigenvalue weighted by atomic mass is 79.9. The van der Waals surface area contributed by atoms with Crippen LogP contribution in [-0.4, -0.2) is 37.2 Å². The predicted molar refractivity (Wildman–Crippen MR) is 134 cm³/mol. The van der Waals surface area contributed by atoms with Crippen LogP contribution in [0.5, 0.6) is 5.75 Å². The summed E-state index contributed by atoms with van der Waals surface area (Å²) in [5.41, 5.74) is 4.30. The van der Waals surface area contributed by atoms with Crippen LogP contribution in [0.2, 0.25) is 0 Å². The van der Waals surface area contributed by atoms with Gasteiger partial charge in [-0.3, -0.25) is 4.79 Å². The maximum Gasteiger partial charge on any atom is 0.339 e. The first kappa shape index (κ1) is 25.1. The molecule has 0 aliphatic carbocycles. The fourth-order valence-electron chi connectivity index (χ4n) is 4.52. The molecule has 0 bridgehead atoms. The number of aryl methyl sites for hydroxylation is 1. The monoisotopic (exact) mass is 516 g/mol. The van der Waals surface area contributed by atoms with Crippen molar-refractivity contribution in [2.75, 3.05) is 25.1 Å². The second-order valence-electron chi connectivity index (χ2n) is 8.97. The number of nitrogens with one attached hydrogen (secondary N) is 1. The highest BCUT2D eigenvalue weighted by Crippen LogP contribution is 2.35. The van der Waals surface area contributed by atoms with Crippen molar-refractivity contribution in [1.82, 2.24) is 5.32 Å². The van der Waals surface area contributed by atoms with E-state index in [1.165, 1.54) is 49.3 Å². The highest BCUT2D eigenvalue weighted by Gasteiger charge is 2.26. The summed E-state index contributed by atoms with van der Waals surface area (Å²) in [4.78, 5) is 27.1. The Morgan fingerprint density at radius 2 is 1.88 bits per heavy atom. The van der Waals surface area contributed by atoms with Crippen LogP contribution in [0, 0.1) is 12.8 Å². The summed E-state index contributed by atoms with van der Waals surface area (Å²) in [5, 5.41) is 12.6. The van der Waals surface area contributed by atoms with Crippen LogP contribution in [0.4, 0.5) is 5.69 Å². The van der Waals surface area contributed by atoms with Crippen LogP contribution >= 0.6 is 15.9 Å². The molecule has 0 saturated carbocycles. The number of benzene rings is 2. The number of rotatable bonds is 8. The molecular formula is C26H33BrN2O4. The number of aromatic carboxylic acids is 1. The van der Waals surface area contributed by atoms with E-state index in [1.54, 1.807) is 6.07 Å². The minimum Gasteiger partial charge on any atom is -0.496 e. The Hall–Kier alpha value is -2.54. The van der Waals surface area contributed by atoms with Crippen LogP contribution < -0.4 is 15.0 Å². The number of carbonyl (C=O) groups is 2. The molecule has 1 unspecified atom stereocenters. The van der Waals surface area contributed by atoms with Gasteiger partial charge in [-0.1, -0.05) is 41.9 Å². The van der Waals surface area contributed by atoms with Gasteiger partial charge < -0.3 is 20.1 Å². The van der Waals surface area contributed by atoms with E-state index in [0.717, 1.165) is 13.1 Å². The third kappa shape index (κ3) is 5.88. The van der Waals surface area contributed by atoms with Gasteiger partial charge in [0.05, 0.1) is 19.6 Å². The molecule has 1 amide bonds. The molecular weight excluding hydrogens is 484 g/mol. The van der Waals surface area contributed by atoms with Crippen LogP contribution in [0.3, 0.4) is 0 Å². The smallest absolute Gasteiger partial charge is 0.339 e. The number of hydrogen-bond donors (Lipinski definition) is 2. The topological polar surface area (TPSA) is 78.9 Å². The number of halogens is 1. The van der Waals surface area contributed by atoms with Gasteiger partial charge in [0.2, 0.25) is 5.91 Å². The van der Waals surface area contributed by atoms with Crippen molar-refractivity contribution < 1.29 is 19.4 Å². The average Bonchev–Trinajstić information content (AvgIpc) is 2.79. The zero-order valence-electron chi connectivity index (χ0n) is 19.8. The minimum absolute atomic E-state index is 0.0553. The van der Waals surface area contributed by atoms with Gasteiger partial charge in [0.1, 0.15) is 11.3 Å². The third-order valence-corrected chi connectivity index (χ3v) is 6.98. The fourth-order valence-corrected chi connectivity index (χ4v) is 5.00. The van der Waals surface area contributed by atoms with Crippen LogP contribution in [0.1, 0.15) is 66.2 Å². The summed E-state index contributed by atoms with van der Waals surface area (Å²) < 4.78 is 5.80. The summed E-state index contributed by atoms with van der Waals surface area (Å²) in [7, 11) is 1.43. The first-order valence-electron chi connectivity index (χ1n) is 11.5. The van der Waals surface area contributed by atoms with E-state index in [1.807, 2.05) is 0 Å². The molecule has 0 aromatic heterocycles. The molecule has 0 radical (unpaired) electrons. The zero-order chi connectivity index (χ0) is 24.1. The molecule has 2 aromatic rings. The maximum atomic E-state index is 13.2. The van der Waals surface area contributed by atoms with E-state index in [0.29, 0.717) is 10.0 Å². The van der Waals surface area contributed by atoms with Crippen molar-refractivity contribution in [3.8, 4) is 5.75 Å². The predicted octanol–water partition coefficient (Wildman–Crippen LogP) is 5.51. The van der Waals surface area contributed by atoms with Gasteiger partial charge in [0, 0.05) is 28.8 Å². The Morgan fingerprint density at radius 3 is 2.48 bits per heavy atom. The normalized spacial score (nSPS) is 14.8. The number of hydrogen-bond acceptors (Lipinski definition) is 4. The SMILES string of the molecule is COc1cc(CC(=O)NC(c2c(C)cccc2N2CCCCC2)C(C)C)c(Br)cc1C(=O)O. The van der Waals surface area contributed by atoms with Crippen molar-refractivity contribution in [2.24, 2.45) is 5.92 Å². The van der Waals surface area contributed by atoms with E-state index in [9.17, 15) is 14.7 Å². The number of anilines is 1. The lowest BCUT2D eigenvalue weighted by molar-refractivity contribution is -0.121. The Bertz CT molecular complexity index is 1020. The highest BCUT2D eigenvalue weighted by molar-refractivity contribution is 9.10. The van der Waals surface area contributed by atoms with Gasteiger partial charge in [0.15, 0.2) is 0 Å². The summed E-state index contributed by atoms with van der Waals surface area (Å²) in [5.74, 6) is -0.758. The van der Waals surface area contributed by atoms with E-state index >= 15 is 0 Å². The van der Waals surface area contributed by atoms with Gasteiger partial charge in [-0.15, -0.1) is 0 Å². The third-order valence-electron chi connectivity index (χ3n) is 6.24. The lowest BCUT2D eigenvalue weighted by atomic mass is 9.90. The summed E-state index contributed by atoms with van der Waals surface area (Å²) in [6.45, 7) is 8.43. The van der Waals surface area contributed by atoms with Gasteiger partial charge in [-0.2, -0.15) is 0 Å². The Balaban J connectivity index is 1.87.